The van der Waals surface area contributed by atoms with Crippen LogP contribution in [0.15, 0.2) is 23.1 Å². The smallest absolute Gasteiger partial charge is 0.240 e. The van der Waals surface area contributed by atoms with E-state index in [1.807, 2.05) is 13.8 Å². The lowest BCUT2D eigenvalue weighted by atomic mass is 10.2. The van der Waals surface area contributed by atoms with E-state index in [-0.39, 0.29) is 10.9 Å². The fraction of sp³-hybridized carbons (Fsp3) is 0.571. The summed E-state index contributed by atoms with van der Waals surface area (Å²) in [4.78, 5) is 0.288. The molecule has 0 radical (unpaired) electrons. The molecule has 1 atom stereocenters. The summed E-state index contributed by atoms with van der Waals surface area (Å²) in [6, 6.07) is 5.19. The standard InChI is InChI=1S/C14H22N2O3S/c1-3-19-14-7-6-13(9-11(14)2)20(17,18)16-10-12-5-4-8-15-12/h6-7,9,12,15-16H,3-5,8,10H2,1-2H3. The third kappa shape index (κ3) is 3.71. The monoisotopic (exact) mass is 298 g/mol. The normalized spacial score (nSPS) is 19.2. The Bertz CT molecular complexity index is 552. The van der Waals surface area contributed by atoms with E-state index < -0.39 is 10.0 Å². The van der Waals surface area contributed by atoms with Crippen LogP contribution >= 0.6 is 0 Å². The van der Waals surface area contributed by atoms with E-state index >= 15 is 0 Å². The molecule has 0 spiro atoms. The maximum absolute atomic E-state index is 12.2. The summed E-state index contributed by atoms with van der Waals surface area (Å²) in [6.45, 7) is 5.73. The molecule has 112 valence electrons. The predicted molar refractivity (Wildman–Crippen MR) is 78.6 cm³/mol. The molecule has 0 aliphatic carbocycles. The van der Waals surface area contributed by atoms with Crippen LogP contribution < -0.4 is 14.8 Å². The predicted octanol–water partition coefficient (Wildman–Crippen LogP) is 1.42. The molecule has 0 aromatic heterocycles. The third-order valence-corrected chi connectivity index (χ3v) is 4.86. The summed E-state index contributed by atoms with van der Waals surface area (Å²) in [5, 5.41) is 3.27. The summed E-state index contributed by atoms with van der Waals surface area (Å²) in [7, 11) is -3.45. The molecule has 1 aliphatic heterocycles. The van der Waals surface area contributed by atoms with Gasteiger partial charge in [0.25, 0.3) is 0 Å². The Balaban J connectivity index is 2.06. The Kier molecular flexibility index (Phi) is 5.01. The molecular formula is C14H22N2O3S. The van der Waals surface area contributed by atoms with Gasteiger partial charge in [-0.2, -0.15) is 0 Å². The number of rotatable bonds is 6. The zero-order valence-corrected chi connectivity index (χ0v) is 12.8. The maximum atomic E-state index is 12.2. The van der Waals surface area contributed by atoms with Crippen LogP contribution in [0.5, 0.6) is 5.75 Å². The van der Waals surface area contributed by atoms with E-state index in [0.29, 0.717) is 13.2 Å². The van der Waals surface area contributed by atoms with Crippen molar-refractivity contribution in [2.75, 3.05) is 19.7 Å². The fourth-order valence-electron chi connectivity index (χ4n) is 2.33. The molecule has 20 heavy (non-hydrogen) atoms. The highest BCUT2D eigenvalue weighted by atomic mass is 32.2. The lowest BCUT2D eigenvalue weighted by Gasteiger charge is -2.13. The van der Waals surface area contributed by atoms with Crippen LogP contribution in [0.4, 0.5) is 0 Å². The zero-order chi connectivity index (χ0) is 14.6. The van der Waals surface area contributed by atoms with Crippen molar-refractivity contribution in [1.82, 2.24) is 10.0 Å². The second-order valence-corrected chi connectivity index (χ2v) is 6.77. The van der Waals surface area contributed by atoms with E-state index in [4.69, 9.17) is 4.74 Å². The molecule has 1 aromatic carbocycles. The number of hydrogen-bond donors (Lipinski definition) is 2. The minimum absolute atomic E-state index is 0.244. The van der Waals surface area contributed by atoms with E-state index in [0.717, 1.165) is 30.7 Å². The van der Waals surface area contributed by atoms with Crippen molar-refractivity contribution >= 4 is 10.0 Å². The molecule has 1 aliphatic rings. The van der Waals surface area contributed by atoms with Crippen molar-refractivity contribution in [1.29, 1.82) is 0 Å². The minimum atomic E-state index is -3.45. The van der Waals surface area contributed by atoms with Gasteiger partial charge in [-0.15, -0.1) is 0 Å². The Morgan fingerprint density at radius 1 is 1.45 bits per heavy atom. The first kappa shape index (κ1) is 15.3. The first-order valence-corrected chi connectivity index (χ1v) is 8.47. The lowest BCUT2D eigenvalue weighted by molar-refractivity contribution is 0.337. The van der Waals surface area contributed by atoms with E-state index in [9.17, 15) is 8.42 Å². The van der Waals surface area contributed by atoms with Crippen LogP contribution in [-0.2, 0) is 10.0 Å². The number of aryl methyl sites for hydroxylation is 1. The molecule has 2 N–H and O–H groups in total. The average molecular weight is 298 g/mol. The molecule has 1 saturated heterocycles. The quantitative estimate of drug-likeness (QED) is 0.833. The molecule has 0 saturated carbocycles. The summed E-state index contributed by atoms with van der Waals surface area (Å²) in [6.07, 6.45) is 2.12. The highest BCUT2D eigenvalue weighted by Crippen LogP contribution is 2.21. The van der Waals surface area contributed by atoms with Gasteiger partial charge in [0.15, 0.2) is 0 Å². The van der Waals surface area contributed by atoms with Gasteiger partial charge in [0.2, 0.25) is 10.0 Å². The number of sulfonamides is 1. The van der Waals surface area contributed by atoms with Crippen molar-refractivity contribution in [3.05, 3.63) is 23.8 Å². The summed E-state index contributed by atoms with van der Waals surface area (Å²) < 4.78 is 32.5. The van der Waals surface area contributed by atoms with Crippen LogP contribution in [0.2, 0.25) is 0 Å². The second-order valence-electron chi connectivity index (χ2n) is 5.01. The molecule has 1 aromatic rings. The van der Waals surface area contributed by atoms with Crippen molar-refractivity contribution in [3.8, 4) is 5.75 Å². The van der Waals surface area contributed by atoms with Crippen molar-refractivity contribution < 1.29 is 13.2 Å². The average Bonchev–Trinajstić information content (AvgIpc) is 2.92. The lowest BCUT2D eigenvalue weighted by Crippen LogP contribution is -2.37. The van der Waals surface area contributed by atoms with E-state index in [1.165, 1.54) is 0 Å². The third-order valence-electron chi connectivity index (χ3n) is 3.44. The van der Waals surface area contributed by atoms with Crippen LogP contribution in [0.25, 0.3) is 0 Å². The highest BCUT2D eigenvalue weighted by Gasteiger charge is 2.19. The van der Waals surface area contributed by atoms with Crippen molar-refractivity contribution in [2.24, 2.45) is 0 Å². The van der Waals surface area contributed by atoms with Gasteiger partial charge >= 0.3 is 0 Å². The molecule has 1 heterocycles. The molecule has 6 heteroatoms. The Hall–Kier alpha value is -1.11. The Morgan fingerprint density at radius 3 is 2.85 bits per heavy atom. The molecule has 1 fully saturated rings. The highest BCUT2D eigenvalue weighted by molar-refractivity contribution is 7.89. The second kappa shape index (κ2) is 6.56. The van der Waals surface area contributed by atoms with Crippen molar-refractivity contribution in [3.63, 3.8) is 0 Å². The van der Waals surface area contributed by atoms with Crippen LogP contribution in [-0.4, -0.2) is 34.2 Å². The van der Waals surface area contributed by atoms with Gasteiger partial charge in [-0.3, -0.25) is 0 Å². The van der Waals surface area contributed by atoms with Crippen LogP contribution in [0.3, 0.4) is 0 Å². The van der Waals surface area contributed by atoms with Gasteiger partial charge in [0, 0.05) is 12.6 Å². The van der Waals surface area contributed by atoms with E-state index in [2.05, 4.69) is 10.0 Å². The number of nitrogens with one attached hydrogen (secondary N) is 2. The van der Waals surface area contributed by atoms with Gasteiger partial charge in [-0.1, -0.05) is 0 Å². The summed E-state index contributed by atoms with van der Waals surface area (Å²) in [5.74, 6) is 0.726. The van der Waals surface area contributed by atoms with Gasteiger partial charge in [0.1, 0.15) is 5.75 Å². The largest absolute Gasteiger partial charge is 0.494 e. The fourth-order valence-corrected chi connectivity index (χ4v) is 3.50. The van der Waals surface area contributed by atoms with Gasteiger partial charge < -0.3 is 10.1 Å². The topological polar surface area (TPSA) is 67.4 Å². The van der Waals surface area contributed by atoms with Crippen LogP contribution in [0, 0.1) is 6.92 Å². The zero-order valence-electron chi connectivity index (χ0n) is 12.0. The van der Waals surface area contributed by atoms with Crippen molar-refractivity contribution in [2.45, 2.75) is 37.6 Å². The molecule has 0 bridgehead atoms. The minimum Gasteiger partial charge on any atom is -0.494 e. The Morgan fingerprint density at radius 2 is 2.25 bits per heavy atom. The molecule has 5 nitrogen and oxygen atoms in total. The number of hydrogen-bond acceptors (Lipinski definition) is 4. The first-order valence-electron chi connectivity index (χ1n) is 6.99. The van der Waals surface area contributed by atoms with Gasteiger partial charge in [-0.25, -0.2) is 13.1 Å². The van der Waals surface area contributed by atoms with Gasteiger partial charge in [0.05, 0.1) is 11.5 Å². The van der Waals surface area contributed by atoms with Gasteiger partial charge in [-0.05, 0) is 57.0 Å². The molecule has 0 amide bonds. The summed E-state index contributed by atoms with van der Waals surface area (Å²) >= 11 is 0. The Labute approximate surface area is 120 Å². The maximum Gasteiger partial charge on any atom is 0.240 e. The first-order chi connectivity index (χ1) is 9.53. The molecule has 1 unspecified atom stereocenters. The number of ether oxygens (including phenoxy) is 1. The summed E-state index contributed by atoms with van der Waals surface area (Å²) in [5.41, 5.74) is 0.828. The SMILES string of the molecule is CCOc1ccc(S(=O)(=O)NCC2CCCN2)cc1C. The van der Waals surface area contributed by atoms with Crippen LogP contribution in [0.1, 0.15) is 25.3 Å². The molecule has 2 rings (SSSR count). The van der Waals surface area contributed by atoms with E-state index in [1.54, 1.807) is 18.2 Å². The molecular weight excluding hydrogens is 276 g/mol. The number of benzene rings is 1.